The van der Waals surface area contributed by atoms with Crippen LogP contribution >= 0.6 is 11.6 Å². The smallest absolute Gasteiger partial charge is 0.243 e. The van der Waals surface area contributed by atoms with Crippen LogP contribution in [0, 0.1) is 0 Å². The number of para-hydroxylation sites is 1. The molecule has 0 fully saturated rings. The minimum Gasteiger partial charge on any atom is -0.397 e. The first-order valence-corrected chi connectivity index (χ1v) is 6.55. The third-order valence-electron chi connectivity index (χ3n) is 2.84. The minimum absolute atomic E-state index is 0.113. The van der Waals surface area contributed by atoms with Crippen molar-refractivity contribution in [3.8, 4) is 0 Å². The van der Waals surface area contributed by atoms with Crippen molar-refractivity contribution >= 4 is 34.6 Å². The van der Waals surface area contributed by atoms with E-state index in [-0.39, 0.29) is 12.5 Å². The number of anilines is 3. The topological polar surface area (TPSA) is 58.4 Å². The van der Waals surface area contributed by atoms with Crippen LogP contribution < -0.4 is 16.0 Å². The molecule has 0 spiro atoms. The number of nitrogen functional groups attached to an aromatic ring is 1. The lowest BCUT2D eigenvalue weighted by Gasteiger charge is -2.20. The van der Waals surface area contributed by atoms with Crippen LogP contribution in [0.1, 0.15) is 0 Å². The molecule has 20 heavy (non-hydrogen) atoms. The van der Waals surface area contributed by atoms with Gasteiger partial charge in [0.1, 0.15) is 0 Å². The predicted octanol–water partition coefficient (Wildman–Crippen LogP) is 3.00. The number of hydrogen-bond donors (Lipinski definition) is 2. The molecule has 2 aromatic rings. The van der Waals surface area contributed by atoms with Crippen molar-refractivity contribution in [2.24, 2.45) is 0 Å². The number of nitrogens with two attached hydrogens (primary N) is 1. The van der Waals surface area contributed by atoms with Gasteiger partial charge in [-0.1, -0.05) is 29.8 Å². The third kappa shape index (κ3) is 3.65. The van der Waals surface area contributed by atoms with Crippen molar-refractivity contribution in [1.82, 2.24) is 0 Å². The molecule has 0 heterocycles. The van der Waals surface area contributed by atoms with Crippen molar-refractivity contribution in [2.75, 3.05) is 29.5 Å². The van der Waals surface area contributed by atoms with E-state index in [0.717, 1.165) is 11.4 Å². The highest BCUT2D eigenvalue weighted by atomic mass is 35.5. The maximum Gasteiger partial charge on any atom is 0.243 e. The average molecular weight is 290 g/mol. The Balaban J connectivity index is 2.02. The summed E-state index contributed by atoms with van der Waals surface area (Å²) in [6.45, 7) is 0.194. The fourth-order valence-electron chi connectivity index (χ4n) is 1.87. The summed E-state index contributed by atoms with van der Waals surface area (Å²) in [6.07, 6.45) is 0. The number of rotatable bonds is 4. The molecule has 0 aliphatic rings. The molecule has 2 rings (SSSR count). The Hall–Kier alpha value is -2.20. The number of likely N-dealkylation sites (N-methyl/N-ethyl adjacent to an activating group) is 1. The number of amides is 1. The average Bonchev–Trinajstić information content (AvgIpc) is 2.42. The van der Waals surface area contributed by atoms with Crippen LogP contribution in [-0.4, -0.2) is 19.5 Å². The second-order valence-electron chi connectivity index (χ2n) is 4.47. The fraction of sp³-hybridized carbons (Fsp3) is 0.133. The van der Waals surface area contributed by atoms with Gasteiger partial charge in [0.05, 0.1) is 17.9 Å². The van der Waals surface area contributed by atoms with Crippen LogP contribution in [-0.2, 0) is 4.79 Å². The summed E-state index contributed by atoms with van der Waals surface area (Å²) >= 11 is 5.94. The predicted molar refractivity (Wildman–Crippen MR) is 84.2 cm³/mol. The number of benzene rings is 2. The number of hydrogen-bond acceptors (Lipinski definition) is 3. The standard InChI is InChI=1S/C15H16ClN3O/c1-19(14-9-11(16)7-8-13(14)17)10-15(20)18-12-5-3-2-4-6-12/h2-9H,10,17H2,1H3,(H,18,20). The van der Waals surface area contributed by atoms with E-state index in [2.05, 4.69) is 5.32 Å². The van der Waals surface area contributed by atoms with Crippen molar-refractivity contribution in [3.05, 3.63) is 53.6 Å². The van der Waals surface area contributed by atoms with Crippen LogP contribution in [0.5, 0.6) is 0 Å². The normalized spacial score (nSPS) is 10.1. The first-order chi connectivity index (χ1) is 9.56. The van der Waals surface area contributed by atoms with Gasteiger partial charge in [0.15, 0.2) is 0 Å². The molecule has 0 aromatic heterocycles. The van der Waals surface area contributed by atoms with Crippen molar-refractivity contribution in [2.45, 2.75) is 0 Å². The number of carbonyl (C=O) groups is 1. The Morgan fingerprint density at radius 2 is 1.95 bits per heavy atom. The van der Waals surface area contributed by atoms with Gasteiger partial charge in [-0.05, 0) is 30.3 Å². The molecule has 104 valence electrons. The number of nitrogens with zero attached hydrogens (tertiary/aromatic N) is 1. The zero-order valence-corrected chi connectivity index (χ0v) is 11.9. The lowest BCUT2D eigenvalue weighted by Crippen LogP contribution is -2.30. The molecular formula is C15H16ClN3O. The van der Waals surface area contributed by atoms with Crippen molar-refractivity contribution < 1.29 is 4.79 Å². The van der Waals surface area contributed by atoms with Gasteiger partial charge in [0.2, 0.25) is 5.91 Å². The highest BCUT2D eigenvalue weighted by Gasteiger charge is 2.10. The van der Waals surface area contributed by atoms with Gasteiger partial charge in [-0.25, -0.2) is 0 Å². The van der Waals surface area contributed by atoms with Gasteiger partial charge in [-0.15, -0.1) is 0 Å². The van der Waals surface area contributed by atoms with Gasteiger partial charge in [-0.3, -0.25) is 4.79 Å². The summed E-state index contributed by atoms with van der Waals surface area (Å²) in [5, 5.41) is 3.41. The Labute approximate surface area is 123 Å². The zero-order valence-electron chi connectivity index (χ0n) is 11.1. The zero-order chi connectivity index (χ0) is 14.5. The number of nitrogens with one attached hydrogen (secondary N) is 1. The molecule has 0 saturated carbocycles. The molecule has 0 aliphatic heterocycles. The first-order valence-electron chi connectivity index (χ1n) is 6.17. The Bertz CT molecular complexity index is 601. The molecule has 0 atom stereocenters. The minimum atomic E-state index is -0.113. The van der Waals surface area contributed by atoms with E-state index < -0.39 is 0 Å². The van der Waals surface area contributed by atoms with E-state index >= 15 is 0 Å². The first kappa shape index (κ1) is 14.2. The summed E-state index contributed by atoms with van der Waals surface area (Å²) in [5.74, 6) is -0.113. The molecule has 4 nitrogen and oxygen atoms in total. The quantitative estimate of drug-likeness (QED) is 0.851. The Kier molecular flexibility index (Phi) is 4.48. The van der Waals surface area contributed by atoms with Crippen molar-refractivity contribution in [1.29, 1.82) is 0 Å². The lowest BCUT2D eigenvalue weighted by atomic mass is 10.2. The van der Waals surface area contributed by atoms with E-state index in [1.54, 1.807) is 30.1 Å². The SMILES string of the molecule is CN(CC(=O)Nc1ccccc1)c1cc(Cl)ccc1N. The van der Waals surface area contributed by atoms with Crippen LogP contribution in [0.3, 0.4) is 0 Å². The molecule has 0 aliphatic carbocycles. The van der Waals surface area contributed by atoms with Gasteiger partial charge in [0, 0.05) is 17.8 Å². The summed E-state index contributed by atoms with van der Waals surface area (Å²) in [6, 6.07) is 14.5. The highest BCUT2D eigenvalue weighted by Crippen LogP contribution is 2.25. The Morgan fingerprint density at radius 1 is 1.25 bits per heavy atom. The monoisotopic (exact) mass is 289 g/mol. The van der Waals surface area contributed by atoms with Crippen LogP contribution in [0.25, 0.3) is 0 Å². The summed E-state index contributed by atoms with van der Waals surface area (Å²) in [7, 11) is 1.80. The molecule has 2 aromatic carbocycles. The number of carbonyl (C=O) groups excluding carboxylic acids is 1. The van der Waals surface area contributed by atoms with Gasteiger partial charge < -0.3 is 16.0 Å². The highest BCUT2D eigenvalue weighted by molar-refractivity contribution is 6.31. The maximum absolute atomic E-state index is 12.0. The summed E-state index contributed by atoms with van der Waals surface area (Å²) in [5.41, 5.74) is 7.98. The third-order valence-corrected chi connectivity index (χ3v) is 3.08. The van der Waals surface area contributed by atoms with Crippen molar-refractivity contribution in [3.63, 3.8) is 0 Å². The molecular weight excluding hydrogens is 274 g/mol. The van der Waals surface area contributed by atoms with Gasteiger partial charge >= 0.3 is 0 Å². The molecule has 0 bridgehead atoms. The summed E-state index contributed by atoms with van der Waals surface area (Å²) in [4.78, 5) is 13.7. The lowest BCUT2D eigenvalue weighted by molar-refractivity contribution is -0.114. The molecule has 0 unspecified atom stereocenters. The van der Waals surface area contributed by atoms with Crippen LogP contribution in [0.15, 0.2) is 48.5 Å². The van der Waals surface area contributed by atoms with Crippen LogP contribution in [0.4, 0.5) is 17.1 Å². The summed E-state index contributed by atoms with van der Waals surface area (Å²) < 4.78 is 0. The molecule has 1 amide bonds. The molecule has 3 N–H and O–H groups in total. The van der Waals surface area contributed by atoms with Gasteiger partial charge in [0.25, 0.3) is 0 Å². The largest absolute Gasteiger partial charge is 0.397 e. The second-order valence-corrected chi connectivity index (χ2v) is 4.91. The fourth-order valence-corrected chi connectivity index (χ4v) is 2.04. The van der Waals surface area contributed by atoms with E-state index in [0.29, 0.717) is 10.7 Å². The molecule has 5 heteroatoms. The van der Waals surface area contributed by atoms with E-state index in [9.17, 15) is 4.79 Å². The molecule has 0 saturated heterocycles. The maximum atomic E-state index is 12.0. The second kappa shape index (κ2) is 6.30. The van der Waals surface area contributed by atoms with Crippen LogP contribution in [0.2, 0.25) is 5.02 Å². The van der Waals surface area contributed by atoms with E-state index in [1.165, 1.54) is 0 Å². The molecule has 0 radical (unpaired) electrons. The Morgan fingerprint density at radius 3 is 2.65 bits per heavy atom. The van der Waals surface area contributed by atoms with E-state index in [1.807, 2.05) is 30.3 Å². The van der Waals surface area contributed by atoms with E-state index in [4.69, 9.17) is 17.3 Å². The number of halogens is 1. The van der Waals surface area contributed by atoms with Gasteiger partial charge in [-0.2, -0.15) is 0 Å².